The van der Waals surface area contributed by atoms with E-state index in [1.165, 1.54) is 10.8 Å². The monoisotopic (exact) mass is 279 g/mol. The Morgan fingerprint density at radius 1 is 0.905 bits per heavy atom. The van der Waals surface area contributed by atoms with Crippen LogP contribution in [0.2, 0.25) is 0 Å². The molecule has 0 saturated heterocycles. The highest BCUT2D eigenvalue weighted by Crippen LogP contribution is 2.26. The molecule has 0 radical (unpaired) electrons. The zero-order valence-electron chi connectivity index (χ0n) is 12.7. The van der Waals surface area contributed by atoms with Crippen LogP contribution in [0.15, 0.2) is 54.6 Å². The lowest BCUT2D eigenvalue weighted by molar-refractivity contribution is 1.29. The van der Waals surface area contributed by atoms with E-state index in [9.17, 15) is 0 Å². The molecule has 3 rings (SSSR count). The minimum Gasteiger partial charge on any atom is -0.396 e. The second-order valence-corrected chi connectivity index (χ2v) is 4.45. The summed E-state index contributed by atoms with van der Waals surface area (Å²) in [6, 6.07) is 18.5. The molecule has 0 fully saturated rings. The third kappa shape index (κ3) is 3.14. The quantitative estimate of drug-likeness (QED) is 0.723. The molecule has 0 bridgehead atoms. The van der Waals surface area contributed by atoms with Gasteiger partial charge < -0.3 is 11.1 Å². The number of nitrogens with one attached hydrogen (secondary N) is 1. The number of fused-ring (bicyclic) bond motifs is 1. The van der Waals surface area contributed by atoms with Crippen LogP contribution in [-0.2, 0) is 0 Å². The van der Waals surface area contributed by atoms with E-state index in [1.54, 1.807) is 0 Å². The lowest BCUT2D eigenvalue weighted by Crippen LogP contribution is -1.99. The smallest absolute Gasteiger partial charge is 0.149 e. The molecule has 0 saturated carbocycles. The molecule has 21 heavy (non-hydrogen) atoms. The first-order chi connectivity index (χ1) is 10.3. The number of rotatable bonds is 2. The Morgan fingerprint density at radius 3 is 2.33 bits per heavy atom. The number of hydrogen-bond donors (Lipinski definition) is 2. The van der Waals surface area contributed by atoms with Crippen LogP contribution in [0.4, 0.5) is 11.5 Å². The van der Waals surface area contributed by atoms with Gasteiger partial charge in [-0.25, -0.2) is 4.98 Å². The van der Waals surface area contributed by atoms with Gasteiger partial charge in [0, 0.05) is 12.6 Å². The zero-order valence-corrected chi connectivity index (χ0v) is 12.7. The van der Waals surface area contributed by atoms with Crippen molar-refractivity contribution >= 4 is 22.3 Å². The fourth-order valence-electron chi connectivity index (χ4n) is 2.18. The van der Waals surface area contributed by atoms with Crippen molar-refractivity contribution in [3.05, 3.63) is 54.6 Å². The van der Waals surface area contributed by atoms with E-state index in [2.05, 4.69) is 40.6 Å². The summed E-state index contributed by atoms with van der Waals surface area (Å²) < 4.78 is 0. The number of nitrogens with zero attached hydrogens (tertiary/aromatic N) is 1. The summed E-state index contributed by atoms with van der Waals surface area (Å²) in [5.41, 5.74) is 8.52. The normalized spacial score (nSPS) is 9.86. The molecule has 0 amide bonds. The second-order valence-electron chi connectivity index (χ2n) is 4.45. The molecule has 0 aliphatic carbocycles. The zero-order chi connectivity index (χ0) is 15.2. The molecule has 0 unspecified atom stereocenters. The molecule has 3 N–H and O–H groups in total. The Hall–Kier alpha value is -2.55. The molecule has 3 heteroatoms. The van der Waals surface area contributed by atoms with E-state index in [1.807, 2.05) is 45.2 Å². The van der Waals surface area contributed by atoms with Crippen molar-refractivity contribution in [3.63, 3.8) is 0 Å². The predicted octanol–water partition coefficient (Wildman–Crippen LogP) is 4.55. The van der Waals surface area contributed by atoms with Crippen molar-refractivity contribution in [1.29, 1.82) is 0 Å². The summed E-state index contributed by atoms with van der Waals surface area (Å²) in [7, 11) is 1.82. The highest BCUT2D eigenvalue weighted by molar-refractivity contribution is 5.87. The molecule has 0 atom stereocenters. The number of nitrogen functional groups attached to an aromatic ring is 1. The van der Waals surface area contributed by atoms with E-state index < -0.39 is 0 Å². The number of pyridine rings is 1. The van der Waals surface area contributed by atoms with Crippen molar-refractivity contribution in [3.8, 4) is 11.3 Å². The molecular weight excluding hydrogens is 258 g/mol. The summed E-state index contributed by atoms with van der Waals surface area (Å²) >= 11 is 0. The van der Waals surface area contributed by atoms with Crippen molar-refractivity contribution in [2.75, 3.05) is 18.1 Å². The fraction of sp³-hybridized carbons (Fsp3) is 0.167. The minimum atomic E-state index is 0.659. The van der Waals surface area contributed by atoms with Crippen molar-refractivity contribution in [1.82, 2.24) is 4.98 Å². The highest BCUT2D eigenvalue weighted by atomic mass is 15.0. The molecule has 108 valence electrons. The van der Waals surface area contributed by atoms with Gasteiger partial charge in [0.25, 0.3) is 0 Å². The van der Waals surface area contributed by atoms with Gasteiger partial charge >= 0.3 is 0 Å². The summed E-state index contributed by atoms with van der Waals surface area (Å²) in [5.74, 6) is 0.714. The Balaban J connectivity index is 0.000000774. The lowest BCUT2D eigenvalue weighted by atomic mass is 10.0. The molecule has 0 aliphatic rings. The molecule has 3 nitrogen and oxygen atoms in total. The second kappa shape index (κ2) is 6.75. The fourth-order valence-corrected chi connectivity index (χ4v) is 2.18. The van der Waals surface area contributed by atoms with Gasteiger partial charge in [0.1, 0.15) is 5.82 Å². The largest absolute Gasteiger partial charge is 0.396 e. The molecular formula is C18H21N3. The Bertz CT molecular complexity index is 735. The molecule has 0 spiro atoms. The van der Waals surface area contributed by atoms with Crippen LogP contribution >= 0.6 is 0 Å². The first-order valence-electron chi connectivity index (χ1n) is 7.21. The van der Waals surface area contributed by atoms with Crippen LogP contribution in [0.3, 0.4) is 0 Å². The number of benzene rings is 2. The van der Waals surface area contributed by atoms with Gasteiger partial charge in [0.2, 0.25) is 0 Å². The van der Waals surface area contributed by atoms with Gasteiger partial charge in [-0.2, -0.15) is 0 Å². The maximum absolute atomic E-state index is 5.84. The molecule has 0 aliphatic heterocycles. The third-order valence-corrected chi connectivity index (χ3v) is 3.21. The summed E-state index contributed by atoms with van der Waals surface area (Å²) in [5, 5.41) is 5.45. The van der Waals surface area contributed by atoms with E-state index in [4.69, 9.17) is 5.73 Å². The van der Waals surface area contributed by atoms with E-state index in [0.717, 1.165) is 11.3 Å². The van der Waals surface area contributed by atoms with E-state index in [0.29, 0.717) is 11.5 Å². The van der Waals surface area contributed by atoms with Gasteiger partial charge in [-0.1, -0.05) is 50.2 Å². The minimum absolute atomic E-state index is 0.659. The predicted molar refractivity (Wildman–Crippen MR) is 92.5 cm³/mol. The van der Waals surface area contributed by atoms with Crippen molar-refractivity contribution in [2.24, 2.45) is 0 Å². The average molecular weight is 279 g/mol. The first-order valence-corrected chi connectivity index (χ1v) is 7.21. The Labute approximate surface area is 125 Å². The van der Waals surface area contributed by atoms with Gasteiger partial charge in [0.05, 0.1) is 11.4 Å². The Kier molecular flexibility index (Phi) is 4.77. The van der Waals surface area contributed by atoms with Crippen LogP contribution in [-0.4, -0.2) is 12.0 Å². The van der Waals surface area contributed by atoms with E-state index >= 15 is 0 Å². The van der Waals surface area contributed by atoms with Crippen LogP contribution in [0.25, 0.3) is 22.0 Å². The first kappa shape index (κ1) is 14.9. The molecule has 3 aromatic rings. The van der Waals surface area contributed by atoms with Crippen molar-refractivity contribution in [2.45, 2.75) is 13.8 Å². The Morgan fingerprint density at radius 2 is 1.62 bits per heavy atom. The van der Waals surface area contributed by atoms with E-state index in [-0.39, 0.29) is 0 Å². The average Bonchev–Trinajstić information content (AvgIpc) is 2.56. The maximum Gasteiger partial charge on any atom is 0.149 e. The molecule has 1 heterocycles. The summed E-state index contributed by atoms with van der Waals surface area (Å²) in [6.45, 7) is 4.00. The van der Waals surface area contributed by atoms with Gasteiger partial charge in [-0.05, 0) is 29.0 Å². The summed E-state index contributed by atoms with van der Waals surface area (Å²) in [6.07, 6.45) is 0. The number of aromatic nitrogens is 1. The summed E-state index contributed by atoms with van der Waals surface area (Å²) in [4.78, 5) is 4.53. The maximum atomic E-state index is 5.84. The number of anilines is 2. The standard InChI is InChI=1S/C16H15N3.C2H6/c1-18-16-14(17)8-9-15(19-16)13-7-6-11-4-2-3-5-12(11)10-13;1-2/h2-10H,17H2,1H3,(H,18,19);1-2H3. The van der Waals surface area contributed by atoms with Gasteiger partial charge in [-0.15, -0.1) is 0 Å². The van der Waals surface area contributed by atoms with Crippen LogP contribution in [0.1, 0.15) is 13.8 Å². The number of nitrogens with two attached hydrogens (primary N) is 1. The molecule has 1 aromatic heterocycles. The SMILES string of the molecule is CC.CNc1nc(-c2ccc3ccccc3c2)ccc1N. The van der Waals surface area contributed by atoms with Gasteiger partial charge in [-0.3, -0.25) is 0 Å². The third-order valence-electron chi connectivity index (χ3n) is 3.21. The molecule has 2 aromatic carbocycles. The topological polar surface area (TPSA) is 50.9 Å². The number of hydrogen-bond acceptors (Lipinski definition) is 3. The lowest BCUT2D eigenvalue weighted by Gasteiger charge is -2.08. The van der Waals surface area contributed by atoms with Crippen LogP contribution < -0.4 is 11.1 Å². The highest BCUT2D eigenvalue weighted by Gasteiger charge is 2.04. The van der Waals surface area contributed by atoms with Gasteiger partial charge in [0.15, 0.2) is 0 Å². The van der Waals surface area contributed by atoms with Crippen LogP contribution in [0, 0.1) is 0 Å². The van der Waals surface area contributed by atoms with Crippen LogP contribution in [0.5, 0.6) is 0 Å². The van der Waals surface area contributed by atoms with Crippen molar-refractivity contribution < 1.29 is 0 Å².